The van der Waals surface area contributed by atoms with Gasteiger partial charge in [-0.05, 0) is 75.4 Å². The fraction of sp³-hybridized carbons (Fsp3) is 0.586. The van der Waals surface area contributed by atoms with Crippen LogP contribution in [0.15, 0.2) is 24.3 Å². The van der Waals surface area contributed by atoms with Crippen molar-refractivity contribution in [3.05, 3.63) is 35.4 Å². The van der Waals surface area contributed by atoms with E-state index in [0.29, 0.717) is 38.3 Å². The van der Waals surface area contributed by atoms with E-state index in [4.69, 9.17) is 0 Å². The van der Waals surface area contributed by atoms with E-state index in [1.165, 1.54) is 31.4 Å². The quantitative estimate of drug-likeness (QED) is 0.203. The topological polar surface area (TPSA) is 183 Å². The molecule has 0 saturated carbocycles. The smallest absolute Gasteiger partial charge is 0.337 e. The van der Waals surface area contributed by atoms with Crippen LogP contribution in [0, 0.1) is 11.8 Å². The molecule has 42 heavy (non-hydrogen) atoms. The Kier molecular flexibility index (Phi) is 12.7. The lowest BCUT2D eigenvalue weighted by Gasteiger charge is -2.33. The maximum absolute atomic E-state index is 12.8. The largest absolute Gasteiger partial charge is 0.480 e. The summed E-state index contributed by atoms with van der Waals surface area (Å²) in [6.45, 7) is 2.51. The van der Waals surface area contributed by atoms with E-state index in [2.05, 4.69) is 26.0 Å². The third-order valence-corrected chi connectivity index (χ3v) is 7.69. The average molecular weight is 588 g/mol. The molecule has 5 N–H and O–H groups in total. The summed E-state index contributed by atoms with van der Waals surface area (Å²) >= 11 is 0. The summed E-state index contributed by atoms with van der Waals surface area (Å²) in [6, 6.07) is 4.43. The number of ether oxygens (including phenoxy) is 1. The first-order valence-corrected chi connectivity index (χ1v) is 14.4. The Morgan fingerprint density at radius 1 is 1.00 bits per heavy atom. The van der Waals surface area contributed by atoms with Crippen molar-refractivity contribution in [2.75, 3.05) is 46.4 Å². The zero-order valence-electron chi connectivity index (χ0n) is 24.0. The highest BCUT2D eigenvalue weighted by Crippen LogP contribution is 2.21. The molecule has 2 atom stereocenters. The third kappa shape index (κ3) is 10.1. The lowest BCUT2D eigenvalue weighted by Crippen LogP contribution is -2.51. The molecule has 2 aliphatic rings. The molecule has 0 aliphatic carbocycles. The predicted octanol–water partition coefficient (Wildman–Crippen LogP) is 0.297. The molecule has 1 aromatic rings. The maximum atomic E-state index is 12.8. The summed E-state index contributed by atoms with van der Waals surface area (Å²) in [5.41, 5.74) is 0.566. The minimum atomic E-state index is -1.35. The average Bonchev–Trinajstić information content (AvgIpc) is 3.01. The standard InChI is InChI=1S/C29H41N5O8/c1-42-29(41)21-7-5-20(6-8-21)26(37)31-15-12-24(35)33-23(28(39)40)17-32-27(38)22-3-2-16-34(18-22)25(36)9-4-19-10-13-30-14-11-19/h5-8,19,22-23,30H,2-4,9-18H2,1H3,(H,31,37)(H,32,38)(H,33,35)(H,39,40)/t22-,23+/m1/s1. The fourth-order valence-electron chi connectivity index (χ4n) is 5.15. The van der Waals surface area contributed by atoms with E-state index in [-0.39, 0.29) is 42.5 Å². The molecule has 2 aliphatic heterocycles. The van der Waals surface area contributed by atoms with Gasteiger partial charge >= 0.3 is 11.9 Å². The number of carboxylic acids is 1. The number of hydrogen-bond donors (Lipinski definition) is 5. The number of carbonyl (C=O) groups excluding carboxylic acids is 5. The van der Waals surface area contributed by atoms with Gasteiger partial charge < -0.3 is 36.0 Å². The number of amides is 4. The van der Waals surface area contributed by atoms with Crippen LogP contribution >= 0.6 is 0 Å². The van der Waals surface area contributed by atoms with Crippen molar-refractivity contribution in [1.82, 2.24) is 26.2 Å². The number of piperidine rings is 2. The molecule has 2 heterocycles. The van der Waals surface area contributed by atoms with Crippen LogP contribution in [0.1, 0.15) is 65.7 Å². The normalized spacial score (nSPS) is 17.9. The Labute approximate surface area is 245 Å². The summed E-state index contributed by atoms with van der Waals surface area (Å²) in [5.74, 6) is -3.11. The first-order chi connectivity index (χ1) is 20.2. The minimum absolute atomic E-state index is 0.0482. The van der Waals surface area contributed by atoms with Crippen LogP contribution in [0.25, 0.3) is 0 Å². The molecule has 3 rings (SSSR count). The Hall–Kier alpha value is -4.00. The van der Waals surface area contributed by atoms with Crippen LogP contribution in [0.4, 0.5) is 0 Å². The molecular formula is C29H41N5O8. The second-order valence-corrected chi connectivity index (χ2v) is 10.7. The van der Waals surface area contributed by atoms with Crippen molar-refractivity contribution in [2.45, 2.75) is 51.0 Å². The van der Waals surface area contributed by atoms with Crippen LogP contribution < -0.4 is 21.3 Å². The van der Waals surface area contributed by atoms with Crippen LogP contribution in [0.3, 0.4) is 0 Å². The lowest BCUT2D eigenvalue weighted by atomic mass is 9.92. The number of hydrogen-bond acceptors (Lipinski definition) is 8. The number of carboxylic acid groups (broad SMARTS) is 1. The second kappa shape index (κ2) is 16.4. The summed E-state index contributed by atoms with van der Waals surface area (Å²) in [5, 5.41) is 20.4. The number of methoxy groups -OCH3 is 1. The van der Waals surface area contributed by atoms with Gasteiger partial charge in [-0.3, -0.25) is 19.2 Å². The highest BCUT2D eigenvalue weighted by Gasteiger charge is 2.30. The van der Waals surface area contributed by atoms with Gasteiger partial charge in [0.25, 0.3) is 5.91 Å². The molecular weight excluding hydrogens is 546 g/mol. The molecule has 4 amide bonds. The molecule has 0 aromatic heterocycles. The van der Waals surface area contributed by atoms with Gasteiger partial charge in [0.15, 0.2) is 0 Å². The number of benzene rings is 1. The van der Waals surface area contributed by atoms with Crippen LogP contribution in [-0.4, -0.2) is 98.0 Å². The third-order valence-electron chi connectivity index (χ3n) is 7.69. The van der Waals surface area contributed by atoms with Gasteiger partial charge in [-0.15, -0.1) is 0 Å². The Morgan fingerprint density at radius 2 is 1.69 bits per heavy atom. The van der Waals surface area contributed by atoms with Gasteiger partial charge in [0, 0.05) is 44.6 Å². The van der Waals surface area contributed by atoms with Gasteiger partial charge in [0.1, 0.15) is 6.04 Å². The Morgan fingerprint density at radius 3 is 2.36 bits per heavy atom. The number of rotatable bonds is 13. The van der Waals surface area contributed by atoms with Gasteiger partial charge in [0.05, 0.1) is 18.6 Å². The van der Waals surface area contributed by atoms with E-state index < -0.39 is 35.7 Å². The number of aliphatic carboxylic acids is 1. The van der Waals surface area contributed by atoms with Gasteiger partial charge in [0.2, 0.25) is 17.7 Å². The van der Waals surface area contributed by atoms with Gasteiger partial charge in [-0.1, -0.05) is 0 Å². The SMILES string of the molecule is COC(=O)c1ccc(C(=O)NCCC(=O)N[C@@H](CNC(=O)[C@@H]2CCCN(C(=O)CCC3CCNCC3)C2)C(=O)O)cc1. The molecule has 0 unspecified atom stereocenters. The fourth-order valence-corrected chi connectivity index (χ4v) is 5.15. The van der Waals surface area contributed by atoms with E-state index in [1.54, 1.807) is 4.90 Å². The molecule has 0 radical (unpaired) electrons. The first-order valence-electron chi connectivity index (χ1n) is 14.4. The number of esters is 1. The summed E-state index contributed by atoms with van der Waals surface area (Å²) in [7, 11) is 1.25. The van der Waals surface area contributed by atoms with Crippen LogP contribution in [0.2, 0.25) is 0 Å². The Balaban J connectivity index is 1.38. The summed E-state index contributed by atoms with van der Waals surface area (Å²) in [6.07, 6.45) is 4.57. The first kappa shape index (κ1) is 32.5. The van der Waals surface area contributed by atoms with Crippen molar-refractivity contribution < 1.29 is 38.6 Å². The number of carbonyl (C=O) groups is 6. The monoisotopic (exact) mass is 587 g/mol. The number of likely N-dealkylation sites (tertiary alicyclic amines) is 1. The molecule has 0 bridgehead atoms. The van der Waals surface area contributed by atoms with Crippen molar-refractivity contribution in [1.29, 1.82) is 0 Å². The molecule has 2 saturated heterocycles. The molecule has 1 aromatic carbocycles. The molecule has 0 spiro atoms. The second-order valence-electron chi connectivity index (χ2n) is 10.7. The highest BCUT2D eigenvalue weighted by atomic mass is 16.5. The van der Waals surface area contributed by atoms with E-state index in [9.17, 15) is 33.9 Å². The predicted molar refractivity (Wildman–Crippen MR) is 151 cm³/mol. The van der Waals surface area contributed by atoms with Crippen molar-refractivity contribution >= 4 is 35.6 Å². The number of nitrogens with zero attached hydrogens (tertiary/aromatic N) is 1. The zero-order valence-corrected chi connectivity index (χ0v) is 24.0. The summed E-state index contributed by atoms with van der Waals surface area (Å²) in [4.78, 5) is 75.1. The van der Waals surface area contributed by atoms with Crippen molar-refractivity contribution in [3.63, 3.8) is 0 Å². The molecule has 230 valence electrons. The Bertz CT molecular complexity index is 1120. The summed E-state index contributed by atoms with van der Waals surface area (Å²) < 4.78 is 4.61. The maximum Gasteiger partial charge on any atom is 0.337 e. The molecule has 13 heteroatoms. The molecule has 2 fully saturated rings. The van der Waals surface area contributed by atoms with Crippen molar-refractivity contribution in [3.8, 4) is 0 Å². The number of nitrogens with one attached hydrogen (secondary N) is 4. The molecule has 13 nitrogen and oxygen atoms in total. The van der Waals surface area contributed by atoms with E-state index in [1.807, 2.05) is 0 Å². The van der Waals surface area contributed by atoms with Gasteiger partial charge in [-0.25, -0.2) is 9.59 Å². The van der Waals surface area contributed by atoms with Gasteiger partial charge in [-0.2, -0.15) is 0 Å². The minimum Gasteiger partial charge on any atom is -0.480 e. The van der Waals surface area contributed by atoms with Crippen LogP contribution in [-0.2, 0) is 23.9 Å². The lowest BCUT2D eigenvalue weighted by molar-refractivity contribution is -0.142. The van der Waals surface area contributed by atoms with E-state index >= 15 is 0 Å². The van der Waals surface area contributed by atoms with E-state index in [0.717, 1.165) is 32.4 Å². The van der Waals surface area contributed by atoms with Crippen molar-refractivity contribution in [2.24, 2.45) is 11.8 Å². The zero-order chi connectivity index (χ0) is 30.5. The van der Waals surface area contributed by atoms with Crippen LogP contribution in [0.5, 0.6) is 0 Å². The highest BCUT2D eigenvalue weighted by molar-refractivity contribution is 5.96.